The lowest BCUT2D eigenvalue weighted by atomic mass is 9.99. The number of rotatable bonds is 8. The molecule has 4 rings (SSSR count). The first-order valence-electron chi connectivity index (χ1n) is 12.0. The molecule has 1 atom stereocenters. The van der Waals surface area contributed by atoms with Gasteiger partial charge >= 0.3 is 0 Å². The number of hydrogen-bond acceptors (Lipinski definition) is 8. The lowest BCUT2D eigenvalue weighted by Gasteiger charge is -2.34. The predicted octanol–water partition coefficient (Wildman–Crippen LogP) is 3.63. The number of hydrogen-bond donors (Lipinski definition) is 4. The van der Waals surface area contributed by atoms with E-state index in [1.165, 1.54) is 19.1 Å². The van der Waals surface area contributed by atoms with Crippen molar-refractivity contribution in [2.24, 2.45) is 5.73 Å². The van der Waals surface area contributed by atoms with Gasteiger partial charge in [-0.1, -0.05) is 18.2 Å². The van der Waals surface area contributed by atoms with Crippen LogP contribution in [0.5, 0.6) is 11.5 Å². The number of ether oxygens (including phenoxy) is 2. The number of benzene rings is 2. The Balaban J connectivity index is 2.04. The van der Waals surface area contributed by atoms with Gasteiger partial charge in [0.2, 0.25) is 5.91 Å². The van der Waals surface area contributed by atoms with Gasteiger partial charge in [0.25, 0.3) is 11.8 Å². The van der Waals surface area contributed by atoms with E-state index in [0.717, 1.165) is 22.4 Å². The first-order chi connectivity index (χ1) is 18.5. The van der Waals surface area contributed by atoms with Crippen molar-refractivity contribution in [1.29, 1.82) is 0 Å². The lowest BCUT2D eigenvalue weighted by molar-refractivity contribution is -0.123. The normalized spacial score (nSPS) is 12.1. The van der Waals surface area contributed by atoms with Crippen molar-refractivity contribution < 1.29 is 23.9 Å². The van der Waals surface area contributed by atoms with Gasteiger partial charge in [0.05, 0.1) is 25.6 Å². The molecule has 0 aliphatic carbocycles. The number of fused-ring (bicyclic) bond motifs is 1. The molecule has 0 spiro atoms. The molecule has 2 heterocycles. The van der Waals surface area contributed by atoms with Gasteiger partial charge in [-0.2, -0.15) is 4.37 Å². The molecule has 0 radical (unpaired) electrons. The molecule has 3 amide bonds. The fourth-order valence-electron chi connectivity index (χ4n) is 4.25. The van der Waals surface area contributed by atoms with Crippen LogP contribution in [0, 0.1) is 0 Å². The summed E-state index contributed by atoms with van der Waals surface area (Å²) in [6.45, 7) is 5.53. The summed E-state index contributed by atoms with van der Waals surface area (Å²) in [5, 5.41) is 3.73. The number of nitrogens with one attached hydrogen (secondary N) is 2. The van der Waals surface area contributed by atoms with Crippen LogP contribution in [0.2, 0.25) is 0 Å². The summed E-state index contributed by atoms with van der Waals surface area (Å²) in [6, 6.07) is 11.1. The van der Waals surface area contributed by atoms with Crippen LogP contribution in [0.25, 0.3) is 10.9 Å². The minimum Gasteiger partial charge on any atom is -0.497 e. The highest BCUT2D eigenvalue weighted by Gasteiger charge is 2.39. The van der Waals surface area contributed by atoms with Gasteiger partial charge in [-0.3, -0.25) is 19.3 Å². The standard InChI is InChI=1S/C27H30N6O5S/c1-27(2,3)31-25(35)22(16-13-30-17-9-7-6-8-15(16)17)33(18-12-14(37-4)10-11-19(18)38-5)26(36)23-20(28)21(24(29)34)32-39-23/h6-13,22,30H,28H2,1-5H3,(H2,29,34)(H,31,35). The van der Waals surface area contributed by atoms with Gasteiger partial charge in [0.15, 0.2) is 5.69 Å². The molecule has 0 saturated heterocycles. The molecule has 0 aliphatic heterocycles. The Labute approximate surface area is 229 Å². The molecule has 0 bridgehead atoms. The summed E-state index contributed by atoms with van der Waals surface area (Å²) in [7, 11) is 2.94. The average molecular weight is 551 g/mol. The van der Waals surface area contributed by atoms with E-state index in [-0.39, 0.29) is 21.9 Å². The van der Waals surface area contributed by atoms with Crippen molar-refractivity contribution >= 4 is 51.5 Å². The van der Waals surface area contributed by atoms with Crippen molar-refractivity contribution in [3.05, 3.63) is 64.8 Å². The van der Waals surface area contributed by atoms with Gasteiger partial charge in [0.1, 0.15) is 22.4 Å². The quantitative estimate of drug-likeness (QED) is 0.260. The fourth-order valence-corrected chi connectivity index (χ4v) is 4.99. The third-order valence-electron chi connectivity index (χ3n) is 5.94. The number of aromatic amines is 1. The number of primary amides is 1. The van der Waals surface area contributed by atoms with Crippen LogP contribution in [-0.2, 0) is 4.79 Å². The zero-order chi connectivity index (χ0) is 28.5. The van der Waals surface area contributed by atoms with Crippen LogP contribution in [0.1, 0.15) is 52.5 Å². The van der Waals surface area contributed by atoms with E-state index in [4.69, 9.17) is 20.9 Å². The molecule has 0 saturated carbocycles. The molecular weight excluding hydrogens is 520 g/mol. The number of aromatic nitrogens is 2. The summed E-state index contributed by atoms with van der Waals surface area (Å²) < 4.78 is 15.0. The Morgan fingerprint density at radius 2 is 1.82 bits per heavy atom. The Morgan fingerprint density at radius 1 is 1.10 bits per heavy atom. The Morgan fingerprint density at radius 3 is 2.44 bits per heavy atom. The number of amides is 3. The highest BCUT2D eigenvalue weighted by Crippen LogP contribution is 2.41. The van der Waals surface area contributed by atoms with Crippen LogP contribution >= 0.6 is 11.5 Å². The van der Waals surface area contributed by atoms with E-state index in [1.54, 1.807) is 24.4 Å². The third-order valence-corrected chi connectivity index (χ3v) is 6.79. The first kappa shape index (κ1) is 27.5. The van der Waals surface area contributed by atoms with E-state index in [1.807, 2.05) is 45.0 Å². The third kappa shape index (κ3) is 5.36. The number of methoxy groups -OCH3 is 2. The van der Waals surface area contributed by atoms with Crippen molar-refractivity contribution in [2.45, 2.75) is 32.4 Å². The number of nitrogens with two attached hydrogens (primary N) is 2. The van der Waals surface area contributed by atoms with Crippen LogP contribution in [0.15, 0.2) is 48.7 Å². The second kappa shape index (κ2) is 10.7. The van der Waals surface area contributed by atoms with E-state index < -0.39 is 29.3 Å². The zero-order valence-corrected chi connectivity index (χ0v) is 23.0. The first-order valence-corrected chi connectivity index (χ1v) is 12.7. The zero-order valence-electron chi connectivity index (χ0n) is 22.2. The number of nitrogens with zero attached hydrogens (tertiary/aromatic N) is 2. The molecule has 6 N–H and O–H groups in total. The van der Waals surface area contributed by atoms with Gasteiger partial charge < -0.3 is 31.2 Å². The topological polar surface area (TPSA) is 166 Å². The summed E-state index contributed by atoms with van der Waals surface area (Å²) >= 11 is 0.724. The van der Waals surface area contributed by atoms with Crippen LogP contribution in [0.4, 0.5) is 11.4 Å². The highest BCUT2D eigenvalue weighted by molar-refractivity contribution is 7.09. The summed E-state index contributed by atoms with van der Waals surface area (Å²) in [6.07, 6.45) is 1.69. The summed E-state index contributed by atoms with van der Waals surface area (Å²) in [5.41, 5.74) is 12.1. The van der Waals surface area contributed by atoms with E-state index >= 15 is 0 Å². The molecule has 4 aromatic rings. The van der Waals surface area contributed by atoms with Crippen LogP contribution < -0.4 is 31.2 Å². The van der Waals surface area contributed by atoms with Crippen molar-refractivity contribution in [2.75, 3.05) is 24.9 Å². The van der Waals surface area contributed by atoms with Crippen LogP contribution in [-0.4, -0.2) is 46.8 Å². The average Bonchev–Trinajstić information content (AvgIpc) is 3.49. The molecule has 0 aliphatic rings. The van der Waals surface area contributed by atoms with E-state index in [2.05, 4.69) is 14.7 Å². The Hall–Kier alpha value is -4.58. The van der Waals surface area contributed by atoms with E-state index in [0.29, 0.717) is 17.1 Å². The number of carbonyl (C=O) groups excluding carboxylic acids is 3. The van der Waals surface area contributed by atoms with Crippen molar-refractivity contribution in [1.82, 2.24) is 14.7 Å². The molecular formula is C27H30N6O5S. The number of H-pyrrole nitrogens is 1. The van der Waals surface area contributed by atoms with Crippen LogP contribution in [0.3, 0.4) is 0 Å². The molecule has 2 aromatic carbocycles. The molecule has 2 aromatic heterocycles. The number of anilines is 2. The number of para-hydroxylation sites is 1. The maximum Gasteiger partial charge on any atom is 0.273 e. The van der Waals surface area contributed by atoms with E-state index in [9.17, 15) is 14.4 Å². The van der Waals surface area contributed by atoms with Gasteiger partial charge in [-0.05, 0) is 50.5 Å². The van der Waals surface area contributed by atoms with Gasteiger partial charge in [-0.15, -0.1) is 0 Å². The maximum absolute atomic E-state index is 14.4. The largest absolute Gasteiger partial charge is 0.497 e. The second-order valence-electron chi connectivity index (χ2n) is 9.78. The molecule has 11 nitrogen and oxygen atoms in total. The lowest BCUT2D eigenvalue weighted by Crippen LogP contribution is -2.49. The molecule has 39 heavy (non-hydrogen) atoms. The van der Waals surface area contributed by atoms with Crippen molar-refractivity contribution in [3.63, 3.8) is 0 Å². The SMILES string of the molecule is COc1ccc(OC)c(N(C(=O)c2snc(C(N)=O)c2N)C(C(=O)NC(C)(C)C)c2c[nH]c3ccccc23)c1. The number of carbonyl (C=O) groups is 3. The highest BCUT2D eigenvalue weighted by atomic mass is 32.1. The minimum absolute atomic E-state index is 0.0536. The molecule has 1 unspecified atom stereocenters. The summed E-state index contributed by atoms with van der Waals surface area (Å²) in [4.78, 5) is 44.8. The number of nitrogen functional groups attached to an aromatic ring is 1. The minimum atomic E-state index is -1.20. The monoisotopic (exact) mass is 550 g/mol. The Bertz CT molecular complexity index is 1550. The van der Waals surface area contributed by atoms with Crippen molar-refractivity contribution in [3.8, 4) is 11.5 Å². The second-order valence-corrected chi connectivity index (χ2v) is 10.6. The Kier molecular flexibility index (Phi) is 7.50. The smallest absolute Gasteiger partial charge is 0.273 e. The van der Waals surface area contributed by atoms with Gasteiger partial charge in [-0.25, -0.2) is 0 Å². The summed E-state index contributed by atoms with van der Waals surface area (Å²) in [5.74, 6) is -1.28. The maximum atomic E-state index is 14.4. The molecule has 12 heteroatoms. The molecule has 0 fully saturated rings. The fraction of sp³-hybridized carbons (Fsp3) is 0.259. The molecule has 204 valence electrons. The predicted molar refractivity (Wildman–Crippen MR) is 150 cm³/mol. The van der Waals surface area contributed by atoms with Gasteiger partial charge in [0, 0.05) is 34.3 Å².